The van der Waals surface area contributed by atoms with E-state index in [1.54, 1.807) is 0 Å². The highest BCUT2D eigenvalue weighted by Crippen LogP contribution is 2.38. The summed E-state index contributed by atoms with van der Waals surface area (Å²) < 4.78 is 10.3. The third kappa shape index (κ3) is 3.36. The summed E-state index contributed by atoms with van der Waals surface area (Å²) >= 11 is 0. The van der Waals surface area contributed by atoms with E-state index in [0.29, 0.717) is 23.6 Å². The minimum absolute atomic E-state index is 0.0922. The molecule has 0 amide bonds. The van der Waals surface area contributed by atoms with E-state index in [-0.39, 0.29) is 11.7 Å². The first kappa shape index (κ1) is 15.4. The van der Waals surface area contributed by atoms with Crippen LogP contribution in [0.5, 0.6) is 11.5 Å². The number of aliphatic hydroxyl groups is 1. The second-order valence-corrected chi connectivity index (χ2v) is 5.08. The Kier molecular flexibility index (Phi) is 4.85. The van der Waals surface area contributed by atoms with Gasteiger partial charge in [0.1, 0.15) is 5.69 Å². The van der Waals surface area contributed by atoms with Crippen LogP contribution in [-0.2, 0) is 0 Å². The molecule has 1 aromatic carbocycles. The van der Waals surface area contributed by atoms with E-state index in [2.05, 4.69) is 5.32 Å². The van der Waals surface area contributed by atoms with Crippen LogP contribution in [0.1, 0.15) is 25.7 Å². The van der Waals surface area contributed by atoms with E-state index in [1.807, 2.05) is 0 Å². The lowest BCUT2D eigenvalue weighted by Gasteiger charge is -2.29. The molecule has 0 spiro atoms. The van der Waals surface area contributed by atoms with Crippen LogP contribution < -0.4 is 14.8 Å². The highest BCUT2D eigenvalue weighted by molar-refractivity contribution is 5.69. The minimum Gasteiger partial charge on any atom is -0.493 e. The van der Waals surface area contributed by atoms with Crippen molar-refractivity contribution < 1.29 is 19.5 Å². The van der Waals surface area contributed by atoms with Crippen molar-refractivity contribution >= 4 is 11.4 Å². The zero-order valence-electron chi connectivity index (χ0n) is 12.2. The number of nitrogens with zero attached hydrogens (tertiary/aromatic N) is 1. The Morgan fingerprint density at radius 3 is 2.43 bits per heavy atom. The number of nitro groups is 1. The maximum absolute atomic E-state index is 11.2. The van der Waals surface area contributed by atoms with Gasteiger partial charge in [-0.2, -0.15) is 0 Å². The first-order chi connectivity index (χ1) is 10.1. The van der Waals surface area contributed by atoms with Crippen LogP contribution in [0.25, 0.3) is 0 Å². The number of anilines is 1. The number of hydrogen-bond acceptors (Lipinski definition) is 6. The van der Waals surface area contributed by atoms with Crippen LogP contribution in [0.4, 0.5) is 11.4 Å². The first-order valence-corrected chi connectivity index (χ1v) is 6.91. The Balaban J connectivity index is 2.33. The summed E-state index contributed by atoms with van der Waals surface area (Å²) in [7, 11) is 2.91. The van der Waals surface area contributed by atoms with Crippen molar-refractivity contribution in [3.63, 3.8) is 0 Å². The molecule has 1 saturated carbocycles. The van der Waals surface area contributed by atoms with Gasteiger partial charge in [0.2, 0.25) is 0 Å². The fourth-order valence-electron chi connectivity index (χ4n) is 2.61. The van der Waals surface area contributed by atoms with Crippen molar-refractivity contribution in [2.45, 2.75) is 37.8 Å². The van der Waals surface area contributed by atoms with E-state index in [0.717, 1.165) is 19.3 Å². The zero-order chi connectivity index (χ0) is 15.4. The molecule has 2 N–H and O–H groups in total. The van der Waals surface area contributed by atoms with Crippen LogP contribution in [0.3, 0.4) is 0 Å². The van der Waals surface area contributed by atoms with Crippen molar-refractivity contribution in [1.82, 2.24) is 0 Å². The van der Waals surface area contributed by atoms with Gasteiger partial charge in [-0.05, 0) is 12.8 Å². The van der Waals surface area contributed by atoms with E-state index >= 15 is 0 Å². The molecule has 2 rings (SSSR count). The minimum atomic E-state index is -0.494. The van der Waals surface area contributed by atoms with Crippen molar-refractivity contribution in [2.24, 2.45) is 0 Å². The molecule has 0 aromatic heterocycles. The smallest absolute Gasteiger partial charge is 0.296 e. The molecule has 2 atom stereocenters. The highest BCUT2D eigenvalue weighted by atomic mass is 16.6. The zero-order valence-corrected chi connectivity index (χ0v) is 12.2. The Bertz CT molecular complexity index is 520. The topological polar surface area (TPSA) is 93.9 Å². The molecule has 0 radical (unpaired) electrons. The summed E-state index contributed by atoms with van der Waals surface area (Å²) in [5.41, 5.74) is 0.244. The second kappa shape index (κ2) is 6.62. The molecular formula is C14H20N2O5. The molecule has 2 unspecified atom stereocenters. The standard InChI is InChI=1S/C14H20N2O5/c1-20-13-7-10(11(16(18)19)8-14(13)21-2)15-9-5-3-4-6-12(9)17/h7-9,12,15,17H,3-6H2,1-2H3. The normalized spacial score (nSPS) is 21.7. The van der Waals surface area contributed by atoms with Gasteiger partial charge in [0.05, 0.1) is 37.4 Å². The van der Waals surface area contributed by atoms with Crippen molar-refractivity contribution in [3.8, 4) is 11.5 Å². The van der Waals surface area contributed by atoms with Crippen molar-refractivity contribution in [1.29, 1.82) is 0 Å². The Morgan fingerprint density at radius 1 is 1.24 bits per heavy atom. The van der Waals surface area contributed by atoms with Gasteiger partial charge in [0.25, 0.3) is 5.69 Å². The number of hydrogen-bond donors (Lipinski definition) is 2. The van der Waals surface area contributed by atoms with Gasteiger partial charge in [0.15, 0.2) is 11.5 Å². The van der Waals surface area contributed by atoms with E-state index < -0.39 is 11.0 Å². The molecule has 0 saturated heterocycles. The number of nitro benzene ring substituents is 1. The lowest BCUT2D eigenvalue weighted by Crippen LogP contribution is -2.36. The van der Waals surface area contributed by atoms with Crippen LogP contribution in [0.2, 0.25) is 0 Å². The predicted molar refractivity (Wildman–Crippen MR) is 78.1 cm³/mol. The number of methoxy groups -OCH3 is 2. The fraction of sp³-hybridized carbons (Fsp3) is 0.571. The van der Waals surface area contributed by atoms with E-state index in [9.17, 15) is 15.2 Å². The van der Waals surface area contributed by atoms with Crippen LogP contribution in [0, 0.1) is 10.1 Å². The average molecular weight is 296 g/mol. The van der Waals surface area contributed by atoms with Crippen LogP contribution in [0.15, 0.2) is 12.1 Å². The lowest BCUT2D eigenvalue weighted by molar-refractivity contribution is -0.384. The van der Waals surface area contributed by atoms with E-state index in [4.69, 9.17) is 9.47 Å². The molecule has 1 aromatic rings. The van der Waals surface area contributed by atoms with Gasteiger partial charge in [0, 0.05) is 6.07 Å². The monoisotopic (exact) mass is 296 g/mol. The maximum atomic E-state index is 11.2. The molecule has 7 heteroatoms. The van der Waals surface area contributed by atoms with Gasteiger partial charge in [-0.1, -0.05) is 12.8 Å². The summed E-state index contributed by atoms with van der Waals surface area (Å²) in [4.78, 5) is 10.7. The van der Waals surface area contributed by atoms with Gasteiger partial charge < -0.3 is 19.9 Å². The highest BCUT2D eigenvalue weighted by Gasteiger charge is 2.27. The first-order valence-electron chi connectivity index (χ1n) is 6.91. The SMILES string of the molecule is COc1cc(NC2CCCCC2O)c([N+](=O)[O-])cc1OC. The molecule has 0 aliphatic heterocycles. The average Bonchev–Trinajstić information content (AvgIpc) is 2.48. The molecule has 116 valence electrons. The van der Waals surface area contributed by atoms with Crippen LogP contribution >= 0.6 is 0 Å². The summed E-state index contributed by atoms with van der Waals surface area (Å²) in [6.07, 6.45) is 2.97. The summed E-state index contributed by atoms with van der Waals surface area (Å²) in [5.74, 6) is 0.717. The number of ether oxygens (including phenoxy) is 2. The van der Waals surface area contributed by atoms with Gasteiger partial charge in [-0.25, -0.2) is 0 Å². The molecule has 7 nitrogen and oxygen atoms in total. The molecule has 21 heavy (non-hydrogen) atoms. The molecule has 1 fully saturated rings. The molecule has 1 aliphatic rings. The van der Waals surface area contributed by atoms with Crippen molar-refractivity contribution in [2.75, 3.05) is 19.5 Å². The largest absolute Gasteiger partial charge is 0.493 e. The molecular weight excluding hydrogens is 276 g/mol. The number of nitrogens with one attached hydrogen (secondary N) is 1. The summed E-state index contributed by atoms with van der Waals surface area (Å²) in [6.45, 7) is 0. The number of benzene rings is 1. The van der Waals surface area contributed by atoms with Gasteiger partial charge >= 0.3 is 0 Å². The van der Waals surface area contributed by atoms with Crippen LogP contribution in [-0.4, -0.2) is 36.4 Å². The molecule has 0 heterocycles. The second-order valence-electron chi connectivity index (χ2n) is 5.08. The van der Waals surface area contributed by atoms with Crippen molar-refractivity contribution in [3.05, 3.63) is 22.2 Å². The summed E-state index contributed by atoms with van der Waals surface area (Å²) in [6, 6.07) is 2.69. The Morgan fingerprint density at radius 2 is 1.86 bits per heavy atom. The third-order valence-corrected chi connectivity index (χ3v) is 3.77. The molecule has 1 aliphatic carbocycles. The third-order valence-electron chi connectivity index (χ3n) is 3.77. The number of aliphatic hydroxyl groups excluding tert-OH is 1. The lowest BCUT2D eigenvalue weighted by atomic mass is 9.92. The fourth-order valence-corrected chi connectivity index (χ4v) is 2.61. The van der Waals surface area contributed by atoms with Gasteiger partial charge in [-0.15, -0.1) is 0 Å². The van der Waals surface area contributed by atoms with Gasteiger partial charge in [-0.3, -0.25) is 10.1 Å². The van der Waals surface area contributed by atoms with E-state index in [1.165, 1.54) is 26.4 Å². The summed E-state index contributed by atoms with van der Waals surface area (Å²) in [5, 5.41) is 24.3. The Hall–Kier alpha value is -2.02. The predicted octanol–water partition coefficient (Wildman–Crippen LogP) is 2.33. The molecule has 0 bridgehead atoms. The maximum Gasteiger partial charge on any atom is 0.296 e. The number of rotatable bonds is 5. The Labute approximate surface area is 123 Å². The quantitative estimate of drug-likeness (QED) is 0.639.